The molecule has 1 unspecified atom stereocenters. The van der Waals surface area contributed by atoms with Crippen LogP contribution < -0.4 is 14.4 Å². The predicted octanol–water partition coefficient (Wildman–Crippen LogP) is 3.19. The zero-order valence-electron chi connectivity index (χ0n) is 18.8. The number of nitrogens with zero attached hydrogens (tertiary/aromatic N) is 3. The standard InChI is InChI=1S/C25H33N3O3/c1-19(25(29)28-12-6-8-20-7-4-5-9-23(20)28)27-15-13-26(14-16-27)18-21-17-22(30-2)10-11-24(21)31-3/h4-5,7,9-11,17,19H,6,8,12-16,18H2,1-3H3. The first kappa shape index (κ1) is 21.7. The van der Waals surface area contributed by atoms with Crippen molar-refractivity contribution in [1.82, 2.24) is 9.80 Å². The number of ether oxygens (including phenoxy) is 2. The third kappa shape index (κ3) is 4.70. The molecule has 1 saturated heterocycles. The van der Waals surface area contributed by atoms with Crippen molar-refractivity contribution in [1.29, 1.82) is 0 Å². The summed E-state index contributed by atoms with van der Waals surface area (Å²) in [4.78, 5) is 20.1. The second-order valence-corrected chi connectivity index (χ2v) is 8.39. The summed E-state index contributed by atoms with van der Waals surface area (Å²) < 4.78 is 10.9. The van der Waals surface area contributed by atoms with Crippen molar-refractivity contribution in [3.63, 3.8) is 0 Å². The lowest BCUT2D eigenvalue weighted by Gasteiger charge is -2.40. The van der Waals surface area contributed by atoms with Crippen LogP contribution in [0.5, 0.6) is 11.5 Å². The average Bonchev–Trinajstić information content (AvgIpc) is 2.83. The third-order valence-corrected chi connectivity index (χ3v) is 6.57. The molecule has 2 aromatic rings. The maximum atomic E-state index is 13.3. The summed E-state index contributed by atoms with van der Waals surface area (Å²) in [5.74, 6) is 1.95. The molecule has 0 aromatic heterocycles. The van der Waals surface area contributed by atoms with Gasteiger partial charge in [0, 0.05) is 50.5 Å². The van der Waals surface area contributed by atoms with E-state index in [-0.39, 0.29) is 11.9 Å². The zero-order chi connectivity index (χ0) is 21.8. The van der Waals surface area contributed by atoms with Gasteiger partial charge in [0.2, 0.25) is 5.91 Å². The highest BCUT2D eigenvalue weighted by molar-refractivity contribution is 5.98. The van der Waals surface area contributed by atoms with Gasteiger partial charge in [0.1, 0.15) is 11.5 Å². The summed E-state index contributed by atoms with van der Waals surface area (Å²) in [5.41, 5.74) is 3.50. The van der Waals surface area contributed by atoms with Crippen LogP contribution >= 0.6 is 0 Å². The molecule has 0 spiro atoms. The van der Waals surface area contributed by atoms with Gasteiger partial charge in [-0.15, -0.1) is 0 Å². The Bertz CT molecular complexity index is 909. The van der Waals surface area contributed by atoms with E-state index in [9.17, 15) is 4.79 Å². The van der Waals surface area contributed by atoms with Crippen LogP contribution in [0, 0.1) is 0 Å². The van der Waals surface area contributed by atoms with Crippen LogP contribution in [-0.2, 0) is 17.8 Å². The number of hydrogen-bond acceptors (Lipinski definition) is 5. The van der Waals surface area contributed by atoms with Gasteiger partial charge in [0.15, 0.2) is 0 Å². The molecule has 0 saturated carbocycles. The fourth-order valence-electron chi connectivity index (χ4n) is 4.70. The Labute approximate surface area is 185 Å². The topological polar surface area (TPSA) is 45.3 Å². The number of anilines is 1. The van der Waals surface area contributed by atoms with Gasteiger partial charge < -0.3 is 14.4 Å². The second-order valence-electron chi connectivity index (χ2n) is 8.39. The minimum absolute atomic E-state index is 0.111. The fraction of sp³-hybridized carbons (Fsp3) is 0.480. The van der Waals surface area contributed by atoms with Crippen molar-refractivity contribution < 1.29 is 14.3 Å². The van der Waals surface area contributed by atoms with Gasteiger partial charge in [0.25, 0.3) is 0 Å². The Kier molecular flexibility index (Phi) is 6.78. The molecular formula is C25H33N3O3. The number of methoxy groups -OCH3 is 2. The molecule has 0 N–H and O–H groups in total. The van der Waals surface area contributed by atoms with Crippen LogP contribution in [0.1, 0.15) is 24.5 Å². The van der Waals surface area contributed by atoms with Crippen molar-refractivity contribution in [3.05, 3.63) is 53.6 Å². The lowest BCUT2D eigenvalue weighted by atomic mass is 10.0. The van der Waals surface area contributed by atoms with E-state index in [0.717, 1.165) is 74.9 Å². The monoisotopic (exact) mass is 423 g/mol. The summed E-state index contributed by atoms with van der Waals surface area (Å²) in [6.07, 6.45) is 2.09. The number of benzene rings is 2. The number of carbonyl (C=O) groups excluding carboxylic acids is 1. The molecule has 2 aromatic carbocycles. The van der Waals surface area contributed by atoms with Gasteiger partial charge in [-0.3, -0.25) is 14.6 Å². The largest absolute Gasteiger partial charge is 0.497 e. The molecule has 6 nitrogen and oxygen atoms in total. The number of fused-ring (bicyclic) bond motifs is 1. The minimum atomic E-state index is -0.111. The number of piperazine rings is 1. The molecule has 0 radical (unpaired) electrons. The van der Waals surface area contributed by atoms with Crippen molar-refractivity contribution >= 4 is 11.6 Å². The molecule has 166 valence electrons. The Morgan fingerprint density at radius 3 is 2.52 bits per heavy atom. The first-order valence-electron chi connectivity index (χ1n) is 11.2. The molecule has 2 heterocycles. The summed E-state index contributed by atoms with van der Waals surface area (Å²) in [6, 6.07) is 14.1. The Hall–Kier alpha value is -2.57. The normalized spacial score (nSPS) is 18.4. The molecule has 31 heavy (non-hydrogen) atoms. The van der Waals surface area contributed by atoms with Crippen LogP contribution in [0.3, 0.4) is 0 Å². The van der Waals surface area contributed by atoms with E-state index in [0.29, 0.717) is 0 Å². The molecule has 1 fully saturated rings. The SMILES string of the molecule is COc1ccc(OC)c(CN2CCN(C(C)C(=O)N3CCCc4ccccc43)CC2)c1. The quantitative estimate of drug-likeness (QED) is 0.714. The number of aryl methyl sites for hydroxylation is 1. The van der Waals surface area contributed by atoms with E-state index in [1.54, 1.807) is 14.2 Å². The summed E-state index contributed by atoms with van der Waals surface area (Å²) in [7, 11) is 3.39. The van der Waals surface area contributed by atoms with Crippen LogP contribution in [-0.4, -0.2) is 68.7 Å². The maximum absolute atomic E-state index is 13.3. The highest BCUT2D eigenvalue weighted by atomic mass is 16.5. The van der Waals surface area contributed by atoms with E-state index in [1.807, 2.05) is 29.2 Å². The van der Waals surface area contributed by atoms with Crippen LogP contribution in [0.4, 0.5) is 5.69 Å². The Balaban J connectivity index is 1.36. The first-order valence-corrected chi connectivity index (χ1v) is 11.2. The van der Waals surface area contributed by atoms with Crippen molar-refractivity contribution in [2.45, 2.75) is 32.4 Å². The van der Waals surface area contributed by atoms with Crippen LogP contribution in [0.25, 0.3) is 0 Å². The average molecular weight is 424 g/mol. The molecular weight excluding hydrogens is 390 g/mol. The number of amides is 1. The summed E-state index contributed by atoms with van der Waals surface area (Å²) >= 11 is 0. The van der Waals surface area contributed by atoms with Crippen molar-refractivity contribution in [3.8, 4) is 11.5 Å². The van der Waals surface area contributed by atoms with Gasteiger partial charge in [-0.25, -0.2) is 0 Å². The van der Waals surface area contributed by atoms with Crippen molar-refractivity contribution in [2.75, 3.05) is 51.8 Å². The smallest absolute Gasteiger partial charge is 0.244 e. The Morgan fingerprint density at radius 1 is 1.00 bits per heavy atom. The highest BCUT2D eigenvalue weighted by Gasteiger charge is 2.31. The molecule has 2 aliphatic heterocycles. The van der Waals surface area contributed by atoms with E-state index in [4.69, 9.17) is 9.47 Å². The van der Waals surface area contributed by atoms with Crippen molar-refractivity contribution in [2.24, 2.45) is 0 Å². The molecule has 4 rings (SSSR count). The van der Waals surface area contributed by atoms with E-state index < -0.39 is 0 Å². The molecule has 2 aliphatic rings. The number of hydrogen-bond donors (Lipinski definition) is 0. The van der Waals surface area contributed by atoms with E-state index in [2.05, 4.69) is 34.9 Å². The van der Waals surface area contributed by atoms with Crippen LogP contribution in [0.2, 0.25) is 0 Å². The predicted molar refractivity (Wildman–Crippen MR) is 123 cm³/mol. The number of rotatable bonds is 6. The third-order valence-electron chi connectivity index (χ3n) is 6.57. The van der Waals surface area contributed by atoms with Gasteiger partial charge in [-0.1, -0.05) is 18.2 Å². The lowest BCUT2D eigenvalue weighted by Crippen LogP contribution is -2.55. The van der Waals surface area contributed by atoms with E-state index >= 15 is 0 Å². The minimum Gasteiger partial charge on any atom is -0.497 e. The second kappa shape index (κ2) is 9.71. The highest BCUT2D eigenvalue weighted by Crippen LogP contribution is 2.28. The molecule has 0 bridgehead atoms. The van der Waals surface area contributed by atoms with Gasteiger partial charge in [0.05, 0.1) is 20.3 Å². The Morgan fingerprint density at radius 2 is 1.77 bits per heavy atom. The maximum Gasteiger partial charge on any atom is 0.244 e. The summed E-state index contributed by atoms with van der Waals surface area (Å²) in [6.45, 7) is 7.30. The molecule has 6 heteroatoms. The van der Waals surface area contributed by atoms with E-state index in [1.165, 1.54) is 5.56 Å². The summed E-state index contributed by atoms with van der Waals surface area (Å²) in [5, 5.41) is 0. The fourth-order valence-corrected chi connectivity index (χ4v) is 4.70. The zero-order valence-corrected chi connectivity index (χ0v) is 18.8. The number of carbonyl (C=O) groups is 1. The molecule has 1 atom stereocenters. The first-order chi connectivity index (χ1) is 15.1. The van der Waals surface area contributed by atoms with Gasteiger partial charge in [-0.05, 0) is 49.6 Å². The van der Waals surface area contributed by atoms with Gasteiger partial charge >= 0.3 is 0 Å². The number of para-hydroxylation sites is 1. The van der Waals surface area contributed by atoms with Crippen LogP contribution in [0.15, 0.2) is 42.5 Å². The molecule has 0 aliphatic carbocycles. The van der Waals surface area contributed by atoms with Gasteiger partial charge in [-0.2, -0.15) is 0 Å². The molecule has 1 amide bonds. The lowest BCUT2D eigenvalue weighted by molar-refractivity contribution is -0.124.